The van der Waals surface area contributed by atoms with Crippen LogP contribution in [0.5, 0.6) is 5.75 Å². The highest BCUT2D eigenvalue weighted by Gasteiger charge is 2.16. The third kappa shape index (κ3) is 5.45. The number of hydrogen-bond acceptors (Lipinski definition) is 3. The Labute approximate surface area is 151 Å². The number of hydrogen-bond donors (Lipinski definition) is 0. The second-order valence-corrected chi connectivity index (χ2v) is 6.72. The summed E-state index contributed by atoms with van der Waals surface area (Å²) < 4.78 is 7.10. The summed E-state index contributed by atoms with van der Waals surface area (Å²) in [5.41, 5.74) is 4.28. The van der Waals surface area contributed by atoms with Gasteiger partial charge in [-0.2, -0.15) is 5.10 Å². The molecule has 136 valence electrons. The number of benzene rings is 1. The van der Waals surface area contributed by atoms with Crippen molar-refractivity contribution in [3.05, 3.63) is 46.8 Å². The Morgan fingerprint density at radius 2 is 1.72 bits per heavy atom. The number of nitrogens with zero attached hydrogens (tertiary/aromatic N) is 2. The van der Waals surface area contributed by atoms with Crippen molar-refractivity contribution in [2.24, 2.45) is 0 Å². The van der Waals surface area contributed by atoms with E-state index in [0.717, 1.165) is 24.2 Å². The first kappa shape index (κ1) is 19.2. The number of ether oxygens (including phenoxy) is 1. The molecule has 0 atom stereocenters. The van der Waals surface area contributed by atoms with Gasteiger partial charge in [0.15, 0.2) is 6.61 Å². The van der Waals surface area contributed by atoms with E-state index in [4.69, 9.17) is 4.74 Å². The first-order valence-corrected chi connectivity index (χ1v) is 9.30. The molecule has 1 aromatic heterocycles. The van der Waals surface area contributed by atoms with Gasteiger partial charge in [0.2, 0.25) is 0 Å². The summed E-state index contributed by atoms with van der Waals surface area (Å²) in [6.07, 6.45) is 7.22. The van der Waals surface area contributed by atoms with Crippen LogP contribution in [-0.2, 0) is 6.42 Å². The lowest BCUT2D eigenvalue weighted by atomic mass is 10.0. The summed E-state index contributed by atoms with van der Waals surface area (Å²) in [4.78, 5) is 12.5. The Bertz CT molecular complexity index is 687. The minimum atomic E-state index is -0.126. The van der Waals surface area contributed by atoms with Gasteiger partial charge in [-0.1, -0.05) is 50.3 Å². The minimum Gasteiger partial charge on any atom is -0.484 e. The van der Waals surface area contributed by atoms with Crippen LogP contribution in [0.25, 0.3) is 0 Å². The van der Waals surface area contributed by atoms with Crippen LogP contribution in [0.2, 0.25) is 0 Å². The molecule has 0 saturated heterocycles. The molecular weight excluding hydrogens is 312 g/mol. The van der Waals surface area contributed by atoms with E-state index < -0.39 is 0 Å². The number of rotatable bonds is 9. The molecule has 0 N–H and O–H groups in total. The van der Waals surface area contributed by atoms with E-state index in [0.29, 0.717) is 5.75 Å². The summed E-state index contributed by atoms with van der Waals surface area (Å²) in [6, 6.07) is 7.70. The van der Waals surface area contributed by atoms with Crippen LogP contribution in [-0.4, -0.2) is 22.3 Å². The van der Waals surface area contributed by atoms with Crippen molar-refractivity contribution < 1.29 is 9.53 Å². The second-order valence-electron chi connectivity index (χ2n) is 6.72. The van der Waals surface area contributed by atoms with Crippen LogP contribution in [0.3, 0.4) is 0 Å². The number of aryl methyl sites for hydroxylation is 2. The Kier molecular flexibility index (Phi) is 7.23. The molecule has 4 heteroatoms. The molecule has 1 aromatic carbocycles. The zero-order valence-electron chi connectivity index (χ0n) is 16.0. The third-order valence-electron chi connectivity index (χ3n) is 4.59. The van der Waals surface area contributed by atoms with Gasteiger partial charge in [-0.25, -0.2) is 4.68 Å². The fourth-order valence-electron chi connectivity index (χ4n) is 3.03. The van der Waals surface area contributed by atoms with E-state index in [1.165, 1.54) is 41.5 Å². The maximum atomic E-state index is 12.5. The molecule has 0 bridgehead atoms. The van der Waals surface area contributed by atoms with Gasteiger partial charge in [0.25, 0.3) is 5.91 Å². The molecule has 0 spiro atoms. The molecule has 1 heterocycles. The molecule has 0 amide bonds. The van der Waals surface area contributed by atoms with Crippen LogP contribution in [0.15, 0.2) is 24.3 Å². The molecule has 2 aromatic rings. The lowest BCUT2D eigenvalue weighted by Crippen LogP contribution is -2.21. The zero-order valence-corrected chi connectivity index (χ0v) is 16.0. The van der Waals surface area contributed by atoms with E-state index in [1.807, 2.05) is 45.0 Å². The van der Waals surface area contributed by atoms with Crippen LogP contribution in [0, 0.1) is 20.8 Å². The Hall–Kier alpha value is -2.10. The zero-order chi connectivity index (χ0) is 18.2. The number of aromatic nitrogens is 2. The Morgan fingerprint density at radius 3 is 2.40 bits per heavy atom. The maximum absolute atomic E-state index is 12.5. The van der Waals surface area contributed by atoms with Gasteiger partial charge in [0, 0.05) is 5.69 Å². The highest BCUT2D eigenvalue weighted by Crippen LogP contribution is 2.17. The molecule has 0 fully saturated rings. The standard InChI is InChI=1S/C21H30N2O2/c1-5-6-7-8-9-10-20-17(3)22-23(18(20)4)21(24)15-25-19-13-11-16(2)12-14-19/h11-14H,5-10,15H2,1-4H3. The molecule has 2 rings (SSSR count). The summed E-state index contributed by atoms with van der Waals surface area (Å²) >= 11 is 0. The first-order valence-electron chi connectivity index (χ1n) is 9.30. The number of carbonyl (C=O) groups excluding carboxylic acids is 1. The summed E-state index contributed by atoms with van der Waals surface area (Å²) in [7, 11) is 0. The largest absolute Gasteiger partial charge is 0.484 e. The van der Waals surface area contributed by atoms with Gasteiger partial charge < -0.3 is 4.74 Å². The smallest absolute Gasteiger partial charge is 0.284 e. The van der Waals surface area contributed by atoms with Crippen molar-refractivity contribution in [3.63, 3.8) is 0 Å². The average Bonchev–Trinajstić information content (AvgIpc) is 2.89. The molecule has 0 aliphatic carbocycles. The normalized spacial score (nSPS) is 10.9. The van der Waals surface area contributed by atoms with Gasteiger partial charge in [-0.15, -0.1) is 0 Å². The van der Waals surface area contributed by atoms with E-state index in [2.05, 4.69) is 12.0 Å². The average molecular weight is 342 g/mol. The summed E-state index contributed by atoms with van der Waals surface area (Å²) in [5, 5.41) is 4.44. The minimum absolute atomic E-state index is 0.000953. The number of unbranched alkanes of at least 4 members (excludes halogenated alkanes) is 4. The van der Waals surface area contributed by atoms with Gasteiger partial charge >= 0.3 is 0 Å². The van der Waals surface area contributed by atoms with Crippen molar-refractivity contribution >= 4 is 5.91 Å². The monoisotopic (exact) mass is 342 g/mol. The Balaban J connectivity index is 1.93. The summed E-state index contributed by atoms with van der Waals surface area (Å²) in [6.45, 7) is 8.21. The molecular formula is C21H30N2O2. The van der Waals surface area contributed by atoms with Gasteiger partial charge in [0.05, 0.1) is 5.69 Å². The van der Waals surface area contributed by atoms with Crippen molar-refractivity contribution in [3.8, 4) is 5.75 Å². The fraction of sp³-hybridized carbons (Fsp3) is 0.524. The van der Waals surface area contributed by atoms with Crippen LogP contribution in [0.4, 0.5) is 0 Å². The highest BCUT2D eigenvalue weighted by atomic mass is 16.5. The predicted octanol–water partition coefficient (Wildman–Crippen LogP) is 5.04. The van der Waals surface area contributed by atoms with E-state index in [1.54, 1.807) is 0 Å². The second kappa shape index (κ2) is 9.40. The van der Waals surface area contributed by atoms with E-state index in [-0.39, 0.29) is 12.5 Å². The van der Waals surface area contributed by atoms with Crippen molar-refractivity contribution in [1.29, 1.82) is 0 Å². The van der Waals surface area contributed by atoms with E-state index >= 15 is 0 Å². The molecule has 0 unspecified atom stereocenters. The lowest BCUT2D eigenvalue weighted by molar-refractivity contribution is 0.0818. The van der Waals surface area contributed by atoms with Crippen molar-refractivity contribution in [1.82, 2.24) is 9.78 Å². The lowest BCUT2D eigenvalue weighted by Gasteiger charge is -2.07. The van der Waals surface area contributed by atoms with Gasteiger partial charge in [0.1, 0.15) is 5.75 Å². The SMILES string of the molecule is CCCCCCCc1c(C)nn(C(=O)COc2ccc(C)cc2)c1C. The molecule has 25 heavy (non-hydrogen) atoms. The molecule has 0 saturated carbocycles. The topological polar surface area (TPSA) is 44.1 Å². The first-order chi connectivity index (χ1) is 12.0. The quantitative estimate of drug-likeness (QED) is 0.600. The fourth-order valence-corrected chi connectivity index (χ4v) is 3.03. The van der Waals surface area contributed by atoms with Gasteiger partial charge in [-0.05, 0) is 51.3 Å². The van der Waals surface area contributed by atoms with Crippen LogP contribution < -0.4 is 4.74 Å². The van der Waals surface area contributed by atoms with Gasteiger partial charge in [-0.3, -0.25) is 4.79 Å². The Morgan fingerprint density at radius 1 is 1.04 bits per heavy atom. The van der Waals surface area contributed by atoms with Crippen molar-refractivity contribution in [2.75, 3.05) is 6.61 Å². The predicted molar refractivity (Wildman–Crippen MR) is 101 cm³/mol. The van der Waals surface area contributed by atoms with Crippen molar-refractivity contribution in [2.45, 2.75) is 66.2 Å². The summed E-state index contributed by atoms with van der Waals surface area (Å²) in [5.74, 6) is 0.579. The molecule has 4 nitrogen and oxygen atoms in total. The van der Waals surface area contributed by atoms with Crippen LogP contribution in [0.1, 0.15) is 66.3 Å². The molecule has 0 radical (unpaired) electrons. The van der Waals surface area contributed by atoms with Crippen LogP contribution >= 0.6 is 0 Å². The molecule has 0 aliphatic rings. The third-order valence-corrected chi connectivity index (χ3v) is 4.59. The highest BCUT2D eigenvalue weighted by molar-refractivity contribution is 5.80. The maximum Gasteiger partial charge on any atom is 0.284 e. The number of carbonyl (C=O) groups is 1. The van der Waals surface area contributed by atoms with E-state index in [9.17, 15) is 4.79 Å². The molecule has 0 aliphatic heterocycles.